The number of hydrogen-bond donors (Lipinski definition) is 2. The Labute approximate surface area is 109 Å². The number of methoxy groups -OCH3 is 1. The Balaban J connectivity index is 2.48. The van der Waals surface area contributed by atoms with Crippen molar-refractivity contribution in [1.29, 1.82) is 0 Å². The molecular weight excluding hydrogens is 228 g/mol. The molecule has 0 saturated carbocycles. The van der Waals surface area contributed by atoms with E-state index >= 15 is 0 Å². The first-order valence-electron chi connectivity index (χ1n) is 6.28. The largest absolute Gasteiger partial charge is 0.496 e. The minimum Gasteiger partial charge on any atom is -0.496 e. The number of carbonyl (C=O) groups is 1. The molecule has 0 aliphatic heterocycles. The Hall–Kier alpha value is -1.55. The summed E-state index contributed by atoms with van der Waals surface area (Å²) in [5.41, 5.74) is 7.54. The van der Waals surface area contributed by atoms with Crippen LogP contribution in [0.25, 0.3) is 0 Å². The summed E-state index contributed by atoms with van der Waals surface area (Å²) >= 11 is 0. The topological polar surface area (TPSA) is 64.3 Å². The number of benzene rings is 1. The highest BCUT2D eigenvalue weighted by Crippen LogP contribution is 2.23. The summed E-state index contributed by atoms with van der Waals surface area (Å²) in [4.78, 5) is 11.6. The zero-order chi connectivity index (χ0) is 13.4. The van der Waals surface area contributed by atoms with E-state index in [4.69, 9.17) is 10.5 Å². The van der Waals surface area contributed by atoms with Crippen molar-refractivity contribution < 1.29 is 9.53 Å². The van der Waals surface area contributed by atoms with Crippen molar-refractivity contribution in [1.82, 2.24) is 5.32 Å². The maximum absolute atomic E-state index is 11.6. The van der Waals surface area contributed by atoms with Gasteiger partial charge < -0.3 is 15.8 Å². The first kappa shape index (κ1) is 14.5. The van der Waals surface area contributed by atoms with Gasteiger partial charge in [-0.3, -0.25) is 4.79 Å². The average Bonchev–Trinajstić information content (AvgIpc) is 2.36. The Kier molecular flexibility index (Phi) is 6.22. The molecule has 0 fully saturated rings. The maximum Gasteiger partial charge on any atom is 0.220 e. The third-order valence-electron chi connectivity index (χ3n) is 2.82. The first-order valence-corrected chi connectivity index (χ1v) is 6.28. The number of nitrogens with two attached hydrogens (primary N) is 1. The maximum atomic E-state index is 11.6. The molecular formula is C14H22N2O2. The van der Waals surface area contributed by atoms with E-state index in [0.29, 0.717) is 25.9 Å². The second kappa shape index (κ2) is 7.71. The van der Waals surface area contributed by atoms with Gasteiger partial charge in [0.05, 0.1) is 7.11 Å². The Bertz CT molecular complexity index is 391. The van der Waals surface area contributed by atoms with Crippen molar-refractivity contribution in [3.05, 3.63) is 29.3 Å². The molecule has 0 saturated heterocycles. The van der Waals surface area contributed by atoms with Gasteiger partial charge in [-0.2, -0.15) is 0 Å². The standard InChI is InChI=1S/C14H22N2O2/c1-11-5-3-6-12(14(11)18-2)7-8-13(17)16-10-4-9-15/h3,5-6H,4,7-10,15H2,1-2H3,(H,16,17). The van der Waals surface area contributed by atoms with E-state index in [1.807, 2.05) is 25.1 Å². The molecule has 1 aromatic rings. The Morgan fingerprint density at radius 3 is 2.89 bits per heavy atom. The van der Waals surface area contributed by atoms with Gasteiger partial charge in [0.25, 0.3) is 0 Å². The number of aryl methyl sites for hydroxylation is 2. The highest BCUT2D eigenvalue weighted by molar-refractivity contribution is 5.76. The van der Waals surface area contributed by atoms with Crippen LogP contribution in [-0.2, 0) is 11.2 Å². The van der Waals surface area contributed by atoms with Crippen LogP contribution in [0.2, 0.25) is 0 Å². The van der Waals surface area contributed by atoms with Gasteiger partial charge in [-0.1, -0.05) is 18.2 Å². The van der Waals surface area contributed by atoms with Crippen LogP contribution in [0.1, 0.15) is 24.0 Å². The number of carbonyl (C=O) groups excluding carboxylic acids is 1. The van der Waals surface area contributed by atoms with Gasteiger partial charge in [0, 0.05) is 13.0 Å². The number of rotatable bonds is 7. The van der Waals surface area contributed by atoms with Gasteiger partial charge in [0.2, 0.25) is 5.91 Å². The second-order valence-corrected chi connectivity index (χ2v) is 4.26. The highest BCUT2D eigenvalue weighted by Gasteiger charge is 2.08. The van der Waals surface area contributed by atoms with E-state index in [2.05, 4.69) is 5.32 Å². The summed E-state index contributed by atoms with van der Waals surface area (Å²) in [5, 5.41) is 2.85. The third-order valence-corrected chi connectivity index (χ3v) is 2.82. The van der Waals surface area contributed by atoms with E-state index in [1.165, 1.54) is 0 Å². The monoisotopic (exact) mass is 250 g/mol. The Morgan fingerprint density at radius 1 is 1.44 bits per heavy atom. The molecule has 0 heterocycles. The SMILES string of the molecule is COc1c(C)cccc1CCC(=O)NCCCN. The van der Waals surface area contributed by atoms with Gasteiger partial charge in [0.1, 0.15) is 5.75 Å². The van der Waals surface area contributed by atoms with Crippen LogP contribution in [0.15, 0.2) is 18.2 Å². The lowest BCUT2D eigenvalue weighted by Crippen LogP contribution is -2.26. The van der Waals surface area contributed by atoms with Crippen LogP contribution in [-0.4, -0.2) is 26.1 Å². The molecule has 0 unspecified atom stereocenters. The zero-order valence-corrected chi connectivity index (χ0v) is 11.2. The number of ether oxygens (including phenoxy) is 1. The highest BCUT2D eigenvalue weighted by atomic mass is 16.5. The summed E-state index contributed by atoms with van der Waals surface area (Å²) in [7, 11) is 1.66. The predicted molar refractivity (Wildman–Crippen MR) is 72.7 cm³/mol. The summed E-state index contributed by atoms with van der Waals surface area (Å²) in [6.07, 6.45) is 1.99. The van der Waals surface area contributed by atoms with E-state index < -0.39 is 0 Å². The molecule has 0 aliphatic rings. The number of para-hydroxylation sites is 1. The van der Waals surface area contributed by atoms with Crippen molar-refractivity contribution >= 4 is 5.91 Å². The van der Waals surface area contributed by atoms with E-state index in [0.717, 1.165) is 23.3 Å². The first-order chi connectivity index (χ1) is 8.69. The van der Waals surface area contributed by atoms with Gasteiger partial charge in [-0.15, -0.1) is 0 Å². The minimum absolute atomic E-state index is 0.0620. The zero-order valence-electron chi connectivity index (χ0n) is 11.2. The molecule has 1 rings (SSSR count). The Morgan fingerprint density at radius 2 is 2.22 bits per heavy atom. The van der Waals surface area contributed by atoms with Crippen LogP contribution in [0.5, 0.6) is 5.75 Å². The lowest BCUT2D eigenvalue weighted by atomic mass is 10.0. The average molecular weight is 250 g/mol. The fourth-order valence-electron chi connectivity index (χ4n) is 1.87. The van der Waals surface area contributed by atoms with Crippen LogP contribution in [0.4, 0.5) is 0 Å². The van der Waals surface area contributed by atoms with Crippen LogP contribution >= 0.6 is 0 Å². The van der Waals surface area contributed by atoms with Gasteiger partial charge in [0.15, 0.2) is 0 Å². The summed E-state index contributed by atoms with van der Waals surface area (Å²) in [6.45, 7) is 3.26. The fourth-order valence-corrected chi connectivity index (χ4v) is 1.87. The molecule has 0 aliphatic carbocycles. The normalized spacial score (nSPS) is 10.2. The van der Waals surface area contributed by atoms with E-state index in [9.17, 15) is 4.79 Å². The van der Waals surface area contributed by atoms with Gasteiger partial charge in [-0.25, -0.2) is 0 Å². The smallest absolute Gasteiger partial charge is 0.220 e. The molecule has 3 N–H and O–H groups in total. The summed E-state index contributed by atoms with van der Waals surface area (Å²) < 4.78 is 5.36. The van der Waals surface area contributed by atoms with Crippen molar-refractivity contribution in [3.8, 4) is 5.75 Å². The van der Waals surface area contributed by atoms with Crippen molar-refractivity contribution in [3.63, 3.8) is 0 Å². The molecule has 4 nitrogen and oxygen atoms in total. The van der Waals surface area contributed by atoms with Crippen LogP contribution in [0.3, 0.4) is 0 Å². The molecule has 0 bridgehead atoms. The molecule has 0 aromatic heterocycles. The molecule has 100 valence electrons. The van der Waals surface area contributed by atoms with Gasteiger partial charge >= 0.3 is 0 Å². The van der Waals surface area contributed by atoms with E-state index in [1.54, 1.807) is 7.11 Å². The lowest BCUT2D eigenvalue weighted by molar-refractivity contribution is -0.121. The molecule has 4 heteroatoms. The molecule has 1 amide bonds. The second-order valence-electron chi connectivity index (χ2n) is 4.26. The molecule has 1 aromatic carbocycles. The molecule has 0 atom stereocenters. The molecule has 0 radical (unpaired) electrons. The minimum atomic E-state index is 0.0620. The number of amides is 1. The van der Waals surface area contributed by atoms with Crippen molar-refractivity contribution in [2.45, 2.75) is 26.2 Å². The predicted octanol–water partition coefficient (Wildman–Crippen LogP) is 1.40. The van der Waals surface area contributed by atoms with Crippen LogP contribution in [0, 0.1) is 6.92 Å². The van der Waals surface area contributed by atoms with Crippen LogP contribution < -0.4 is 15.8 Å². The van der Waals surface area contributed by atoms with Crippen molar-refractivity contribution in [2.75, 3.05) is 20.2 Å². The summed E-state index contributed by atoms with van der Waals surface area (Å²) in [5.74, 6) is 0.944. The number of hydrogen-bond acceptors (Lipinski definition) is 3. The molecule has 0 spiro atoms. The quantitative estimate of drug-likeness (QED) is 0.719. The lowest BCUT2D eigenvalue weighted by Gasteiger charge is -2.11. The van der Waals surface area contributed by atoms with Gasteiger partial charge in [-0.05, 0) is 37.4 Å². The third kappa shape index (κ3) is 4.37. The number of nitrogens with one attached hydrogen (secondary N) is 1. The summed E-state index contributed by atoms with van der Waals surface area (Å²) in [6, 6.07) is 5.99. The molecule has 18 heavy (non-hydrogen) atoms. The fraction of sp³-hybridized carbons (Fsp3) is 0.500. The van der Waals surface area contributed by atoms with E-state index in [-0.39, 0.29) is 5.91 Å². The van der Waals surface area contributed by atoms with Crippen molar-refractivity contribution in [2.24, 2.45) is 5.73 Å².